The maximum atomic E-state index is 12.3. The minimum Gasteiger partial charge on any atom is -0.497 e. The Morgan fingerprint density at radius 2 is 1.84 bits per heavy atom. The SMILES string of the molecule is COc1ccc(NC(=O)c2nnc(COC(=O)CCOc3cc(C)ccc3C)s2)cc1. The van der Waals surface area contributed by atoms with Crippen LogP contribution in [0.15, 0.2) is 42.5 Å². The van der Waals surface area contributed by atoms with E-state index >= 15 is 0 Å². The van der Waals surface area contributed by atoms with Gasteiger partial charge in [0.1, 0.15) is 18.1 Å². The normalized spacial score (nSPS) is 10.4. The Hall–Kier alpha value is -3.46. The molecule has 0 saturated carbocycles. The predicted molar refractivity (Wildman–Crippen MR) is 117 cm³/mol. The van der Waals surface area contributed by atoms with Crippen LogP contribution < -0.4 is 14.8 Å². The highest BCUT2D eigenvalue weighted by molar-refractivity contribution is 7.13. The highest BCUT2D eigenvalue weighted by atomic mass is 32.1. The predicted octanol–water partition coefficient (Wildman–Crippen LogP) is 3.93. The minimum absolute atomic E-state index is 0.0458. The number of benzene rings is 2. The quantitative estimate of drug-likeness (QED) is 0.502. The molecule has 0 unspecified atom stereocenters. The molecule has 1 amide bonds. The number of aromatic nitrogens is 2. The van der Waals surface area contributed by atoms with Crippen LogP contribution in [0.25, 0.3) is 0 Å². The maximum absolute atomic E-state index is 12.3. The number of nitrogens with one attached hydrogen (secondary N) is 1. The number of carbonyl (C=O) groups excluding carboxylic acids is 2. The second-order valence-electron chi connectivity index (χ2n) is 6.71. The Morgan fingerprint density at radius 1 is 1.06 bits per heavy atom. The summed E-state index contributed by atoms with van der Waals surface area (Å²) in [5.41, 5.74) is 2.71. The summed E-state index contributed by atoms with van der Waals surface area (Å²) in [5, 5.41) is 11.1. The maximum Gasteiger partial charge on any atom is 0.309 e. The van der Waals surface area contributed by atoms with Crippen molar-refractivity contribution < 1.29 is 23.8 Å². The van der Waals surface area contributed by atoms with E-state index in [4.69, 9.17) is 14.2 Å². The van der Waals surface area contributed by atoms with Gasteiger partial charge in [0, 0.05) is 5.69 Å². The van der Waals surface area contributed by atoms with Crippen LogP contribution in [-0.2, 0) is 16.1 Å². The van der Waals surface area contributed by atoms with Crippen molar-refractivity contribution in [3.8, 4) is 11.5 Å². The highest BCUT2D eigenvalue weighted by Crippen LogP contribution is 2.20. The molecule has 1 N–H and O–H groups in total. The molecule has 0 saturated heterocycles. The Morgan fingerprint density at radius 3 is 2.58 bits per heavy atom. The van der Waals surface area contributed by atoms with Gasteiger partial charge in [0.25, 0.3) is 5.91 Å². The monoisotopic (exact) mass is 441 g/mol. The van der Waals surface area contributed by atoms with Gasteiger partial charge in [-0.15, -0.1) is 10.2 Å². The zero-order chi connectivity index (χ0) is 22.2. The van der Waals surface area contributed by atoms with Crippen LogP contribution in [0.5, 0.6) is 11.5 Å². The Balaban J connectivity index is 1.43. The summed E-state index contributed by atoms with van der Waals surface area (Å²) in [6.45, 7) is 4.10. The molecular formula is C22H23N3O5S. The second kappa shape index (κ2) is 10.5. The largest absolute Gasteiger partial charge is 0.497 e. The molecule has 8 nitrogen and oxygen atoms in total. The van der Waals surface area contributed by atoms with E-state index in [-0.39, 0.29) is 30.5 Å². The molecule has 3 aromatic rings. The minimum atomic E-state index is -0.412. The van der Waals surface area contributed by atoms with Gasteiger partial charge in [-0.25, -0.2) is 0 Å². The molecule has 9 heteroatoms. The number of nitrogens with zero attached hydrogens (tertiary/aromatic N) is 2. The molecule has 0 aliphatic heterocycles. The molecule has 162 valence electrons. The van der Waals surface area contributed by atoms with Crippen molar-refractivity contribution in [2.45, 2.75) is 26.9 Å². The first-order valence-electron chi connectivity index (χ1n) is 9.58. The van der Waals surface area contributed by atoms with E-state index in [0.717, 1.165) is 28.2 Å². The lowest BCUT2D eigenvalue weighted by molar-refractivity contribution is -0.145. The number of aryl methyl sites for hydroxylation is 2. The van der Waals surface area contributed by atoms with Crippen molar-refractivity contribution >= 4 is 28.9 Å². The van der Waals surface area contributed by atoms with E-state index in [2.05, 4.69) is 15.5 Å². The van der Waals surface area contributed by atoms with Crippen LogP contribution in [0.3, 0.4) is 0 Å². The van der Waals surface area contributed by atoms with Gasteiger partial charge >= 0.3 is 5.97 Å². The van der Waals surface area contributed by atoms with E-state index in [1.54, 1.807) is 31.4 Å². The number of hydrogen-bond acceptors (Lipinski definition) is 8. The van der Waals surface area contributed by atoms with Crippen molar-refractivity contribution in [1.82, 2.24) is 10.2 Å². The lowest BCUT2D eigenvalue weighted by Gasteiger charge is -2.09. The van der Waals surface area contributed by atoms with Crippen molar-refractivity contribution in [2.24, 2.45) is 0 Å². The van der Waals surface area contributed by atoms with Gasteiger partial charge in [-0.1, -0.05) is 23.5 Å². The smallest absolute Gasteiger partial charge is 0.309 e. The molecule has 31 heavy (non-hydrogen) atoms. The van der Waals surface area contributed by atoms with Gasteiger partial charge < -0.3 is 19.5 Å². The topological polar surface area (TPSA) is 99.6 Å². The molecule has 0 bridgehead atoms. The number of esters is 1. The van der Waals surface area contributed by atoms with Gasteiger partial charge in [-0.3, -0.25) is 9.59 Å². The summed E-state index contributed by atoms with van der Waals surface area (Å²) in [4.78, 5) is 24.2. The van der Waals surface area contributed by atoms with Crippen LogP contribution in [0.4, 0.5) is 5.69 Å². The fourth-order valence-electron chi connectivity index (χ4n) is 2.58. The average Bonchev–Trinajstić information content (AvgIpc) is 3.24. The van der Waals surface area contributed by atoms with Crippen molar-refractivity contribution in [3.05, 3.63) is 63.6 Å². The molecule has 0 aliphatic carbocycles. The number of ether oxygens (including phenoxy) is 3. The zero-order valence-corrected chi connectivity index (χ0v) is 18.3. The number of methoxy groups -OCH3 is 1. The summed E-state index contributed by atoms with van der Waals surface area (Å²) < 4.78 is 15.9. The van der Waals surface area contributed by atoms with Crippen molar-refractivity contribution in [2.75, 3.05) is 19.0 Å². The van der Waals surface area contributed by atoms with Crippen LogP contribution in [0.1, 0.15) is 32.4 Å². The third-order valence-electron chi connectivity index (χ3n) is 4.27. The molecule has 2 aromatic carbocycles. The van der Waals surface area contributed by atoms with Crippen LogP contribution in [-0.4, -0.2) is 35.8 Å². The summed E-state index contributed by atoms with van der Waals surface area (Å²) in [7, 11) is 1.57. The average molecular weight is 442 g/mol. The van der Waals surface area contributed by atoms with E-state index in [1.165, 1.54) is 0 Å². The van der Waals surface area contributed by atoms with E-state index in [1.807, 2.05) is 32.0 Å². The molecule has 0 fully saturated rings. The molecule has 1 heterocycles. The van der Waals surface area contributed by atoms with E-state index < -0.39 is 5.97 Å². The number of amides is 1. The summed E-state index contributed by atoms with van der Waals surface area (Å²) in [6.07, 6.45) is 0.108. The number of carbonyl (C=O) groups is 2. The standard InChI is InChI=1S/C22H23N3O5S/c1-14-4-5-15(2)18(12-14)29-11-10-20(26)30-13-19-24-25-22(31-19)21(27)23-16-6-8-17(28-3)9-7-16/h4-9,12H,10-11,13H2,1-3H3,(H,23,27). The third-order valence-corrected chi connectivity index (χ3v) is 5.17. The van der Waals surface area contributed by atoms with Gasteiger partial charge in [-0.05, 0) is 55.3 Å². The van der Waals surface area contributed by atoms with Gasteiger partial charge in [0.05, 0.1) is 20.1 Å². The van der Waals surface area contributed by atoms with Crippen LogP contribution in [0.2, 0.25) is 0 Å². The fraction of sp³-hybridized carbons (Fsp3) is 0.273. The molecule has 0 atom stereocenters. The van der Waals surface area contributed by atoms with E-state index in [9.17, 15) is 9.59 Å². The van der Waals surface area contributed by atoms with Crippen LogP contribution >= 0.6 is 11.3 Å². The molecular weight excluding hydrogens is 418 g/mol. The Bertz CT molecular complexity index is 1050. The Labute approximate surface area is 184 Å². The Kier molecular flexibility index (Phi) is 7.55. The molecule has 0 aliphatic rings. The number of hydrogen-bond donors (Lipinski definition) is 1. The number of rotatable bonds is 9. The molecule has 3 rings (SSSR count). The number of anilines is 1. The van der Waals surface area contributed by atoms with Gasteiger partial charge in [0.2, 0.25) is 5.01 Å². The van der Waals surface area contributed by atoms with Crippen LogP contribution in [0, 0.1) is 13.8 Å². The highest BCUT2D eigenvalue weighted by Gasteiger charge is 2.14. The first-order chi connectivity index (χ1) is 14.9. The molecule has 1 aromatic heterocycles. The lowest BCUT2D eigenvalue weighted by atomic mass is 10.1. The molecule has 0 spiro atoms. The summed E-state index contributed by atoms with van der Waals surface area (Å²) in [6, 6.07) is 12.8. The lowest BCUT2D eigenvalue weighted by Crippen LogP contribution is -2.11. The second-order valence-corrected chi connectivity index (χ2v) is 7.77. The summed E-state index contributed by atoms with van der Waals surface area (Å²) in [5.74, 6) is 0.647. The van der Waals surface area contributed by atoms with E-state index in [0.29, 0.717) is 16.4 Å². The third kappa shape index (κ3) is 6.51. The first-order valence-corrected chi connectivity index (χ1v) is 10.4. The summed E-state index contributed by atoms with van der Waals surface area (Å²) >= 11 is 1.07. The fourth-order valence-corrected chi connectivity index (χ4v) is 3.23. The zero-order valence-electron chi connectivity index (χ0n) is 17.5. The van der Waals surface area contributed by atoms with Gasteiger partial charge in [-0.2, -0.15) is 0 Å². The van der Waals surface area contributed by atoms with Gasteiger partial charge in [0.15, 0.2) is 5.01 Å². The van der Waals surface area contributed by atoms with Crippen molar-refractivity contribution in [1.29, 1.82) is 0 Å². The van der Waals surface area contributed by atoms with Crippen molar-refractivity contribution in [3.63, 3.8) is 0 Å². The molecule has 0 radical (unpaired) electrons. The first kappa shape index (κ1) is 22.2.